The third kappa shape index (κ3) is 5.05. The molecule has 0 amide bonds. The number of benzene rings is 2. The van der Waals surface area contributed by atoms with E-state index in [1.54, 1.807) is 35.6 Å². The smallest absolute Gasteiger partial charge is 0.277 e. The highest BCUT2D eigenvalue weighted by Gasteiger charge is 2.10. The summed E-state index contributed by atoms with van der Waals surface area (Å²) in [6.07, 6.45) is 0. The molecule has 2 aromatic heterocycles. The van der Waals surface area contributed by atoms with Crippen molar-refractivity contribution in [1.82, 2.24) is 15.2 Å². The maximum Gasteiger partial charge on any atom is 0.277 e. The van der Waals surface area contributed by atoms with E-state index in [0.717, 1.165) is 16.3 Å². The molecular weight excluding hydrogens is 437 g/mol. The Kier molecular flexibility index (Phi) is 6.17. The van der Waals surface area contributed by atoms with E-state index in [9.17, 15) is 0 Å². The molecule has 4 rings (SSSR count). The average molecular weight is 450 g/mol. The molecule has 9 heteroatoms. The number of ether oxygens (including phenoxy) is 1. The molecule has 28 heavy (non-hydrogen) atoms. The Morgan fingerprint density at radius 1 is 0.964 bits per heavy atom. The number of aromatic nitrogens is 3. The van der Waals surface area contributed by atoms with Crippen LogP contribution in [0.4, 0.5) is 0 Å². The van der Waals surface area contributed by atoms with E-state index in [0.29, 0.717) is 32.7 Å². The van der Waals surface area contributed by atoms with Gasteiger partial charge in [0, 0.05) is 26.7 Å². The zero-order valence-electron chi connectivity index (χ0n) is 14.3. The summed E-state index contributed by atoms with van der Waals surface area (Å²) in [6, 6.07) is 14.7. The van der Waals surface area contributed by atoms with Crippen molar-refractivity contribution in [1.29, 1.82) is 0 Å². The summed E-state index contributed by atoms with van der Waals surface area (Å²) in [5, 5.41) is 12.9. The van der Waals surface area contributed by atoms with Crippen LogP contribution >= 0.6 is 46.3 Å². The molecule has 0 saturated carbocycles. The van der Waals surface area contributed by atoms with Gasteiger partial charge in [-0.1, -0.05) is 47.1 Å². The van der Waals surface area contributed by atoms with Crippen LogP contribution in [-0.2, 0) is 12.4 Å². The second-order valence-electron chi connectivity index (χ2n) is 5.64. The van der Waals surface area contributed by atoms with Crippen LogP contribution in [0.5, 0.6) is 5.75 Å². The summed E-state index contributed by atoms with van der Waals surface area (Å²) in [5.41, 5.74) is 2.00. The summed E-state index contributed by atoms with van der Waals surface area (Å²) in [4.78, 5) is 4.64. The molecule has 0 spiro atoms. The summed E-state index contributed by atoms with van der Waals surface area (Å²) in [6.45, 7) is 0.201. The van der Waals surface area contributed by atoms with Gasteiger partial charge in [0.2, 0.25) is 0 Å². The lowest BCUT2D eigenvalue weighted by molar-refractivity contribution is 0.252. The standard InChI is InChI=1S/C19H13Cl2N3O2S2/c20-13-3-1-12(2-4-13)18-22-15(10-27-18)11-28-19-24-23-17(26-19)9-25-16-7-5-14(21)6-8-16/h1-8,10H,9,11H2. The van der Waals surface area contributed by atoms with Gasteiger partial charge >= 0.3 is 0 Å². The van der Waals surface area contributed by atoms with E-state index in [4.69, 9.17) is 32.4 Å². The van der Waals surface area contributed by atoms with Crippen molar-refractivity contribution in [3.05, 3.63) is 75.5 Å². The zero-order chi connectivity index (χ0) is 19.3. The van der Waals surface area contributed by atoms with Gasteiger partial charge in [-0.25, -0.2) is 4.98 Å². The summed E-state index contributed by atoms with van der Waals surface area (Å²) >= 11 is 14.8. The van der Waals surface area contributed by atoms with Crippen molar-refractivity contribution in [2.24, 2.45) is 0 Å². The SMILES string of the molecule is Clc1ccc(OCc2nnc(SCc3csc(-c4ccc(Cl)cc4)n3)o2)cc1. The fraction of sp³-hybridized carbons (Fsp3) is 0.105. The van der Waals surface area contributed by atoms with Crippen LogP contribution in [0.1, 0.15) is 11.6 Å². The first-order valence-electron chi connectivity index (χ1n) is 8.19. The van der Waals surface area contributed by atoms with Crippen LogP contribution < -0.4 is 4.74 Å². The Hall–Kier alpha value is -2.06. The van der Waals surface area contributed by atoms with Crippen LogP contribution in [0.3, 0.4) is 0 Å². The molecule has 2 heterocycles. The Morgan fingerprint density at radius 3 is 2.43 bits per heavy atom. The molecule has 0 bridgehead atoms. The van der Waals surface area contributed by atoms with Gasteiger partial charge in [0.1, 0.15) is 10.8 Å². The minimum absolute atomic E-state index is 0.201. The van der Waals surface area contributed by atoms with Crippen molar-refractivity contribution < 1.29 is 9.15 Å². The molecule has 0 N–H and O–H groups in total. The van der Waals surface area contributed by atoms with Crippen molar-refractivity contribution in [2.45, 2.75) is 17.6 Å². The third-order valence-electron chi connectivity index (χ3n) is 3.61. The Bertz CT molecular complexity index is 1050. The van der Waals surface area contributed by atoms with E-state index in [1.807, 2.05) is 29.6 Å². The number of halogens is 2. The maximum atomic E-state index is 5.93. The molecule has 0 aliphatic carbocycles. The fourth-order valence-electron chi connectivity index (χ4n) is 2.26. The summed E-state index contributed by atoms with van der Waals surface area (Å²) in [5.74, 6) is 1.75. The lowest BCUT2D eigenvalue weighted by Crippen LogP contribution is -1.95. The normalized spacial score (nSPS) is 10.9. The quantitative estimate of drug-likeness (QED) is 0.305. The first kappa shape index (κ1) is 19.3. The highest BCUT2D eigenvalue weighted by Crippen LogP contribution is 2.28. The number of rotatable bonds is 7. The monoisotopic (exact) mass is 449 g/mol. The molecule has 0 aliphatic rings. The van der Waals surface area contributed by atoms with E-state index >= 15 is 0 Å². The molecular formula is C19H13Cl2N3O2S2. The zero-order valence-corrected chi connectivity index (χ0v) is 17.5. The topological polar surface area (TPSA) is 61.0 Å². The second kappa shape index (κ2) is 8.96. The van der Waals surface area contributed by atoms with Crippen molar-refractivity contribution >= 4 is 46.3 Å². The van der Waals surface area contributed by atoms with E-state index < -0.39 is 0 Å². The molecule has 142 valence electrons. The van der Waals surface area contributed by atoms with Gasteiger partial charge in [-0.2, -0.15) is 0 Å². The van der Waals surface area contributed by atoms with Crippen LogP contribution in [0, 0.1) is 0 Å². The molecule has 0 aliphatic heterocycles. The van der Waals surface area contributed by atoms with Crippen LogP contribution in [-0.4, -0.2) is 15.2 Å². The number of nitrogens with zero attached hydrogens (tertiary/aromatic N) is 3. The van der Waals surface area contributed by atoms with E-state index in [2.05, 4.69) is 15.2 Å². The minimum Gasteiger partial charge on any atom is -0.484 e. The van der Waals surface area contributed by atoms with Gasteiger partial charge in [0.15, 0.2) is 6.61 Å². The van der Waals surface area contributed by atoms with Gasteiger partial charge in [0.25, 0.3) is 11.1 Å². The third-order valence-corrected chi connectivity index (χ3v) is 5.91. The van der Waals surface area contributed by atoms with E-state index in [-0.39, 0.29) is 6.61 Å². The van der Waals surface area contributed by atoms with Gasteiger partial charge in [-0.3, -0.25) is 0 Å². The summed E-state index contributed by atoms with van der Waals surface area (Å²) < 4.78 is 11.2. The van der Waals surface area contributed by atoms with Gasteiger partial charge < -0.3 is 9.15 Å². The number of thiazole rings is 1. The van der Waals surface area contributed by atoms with Crippen LogP contribution in [0.25, 0.3) is 10.6 Å². The van der Waals surface area contributed by atoms with Crippen LogP contribution in [0.15, 0.2) is 63.6 Å². The predicted molar refractivity (Wildman–Crippen MR) is 112 cm³/mol. The molecule has 0 radical (unpaired) electrons. The molecule has 0 atom stereocenters. The summed E-state index contributed by atoms with van der Waals surface area (Å²) in [7, 11) is 0. The molecule has 0 saturated heterocycles. The van der Waals surface area contributed by atoms with Crippen molar-refractivity contribution in [3.63, 3.8) is 0 Å². The first-order valence-corrected chi connectivity index (χ1v) is 10.8. The molecule has 5 nitrogen and oxygen atoms in total. The largest absolute Gasteiger partial charge is 0.484 e. The highest BCUT2D eigenvalue weighted by molar-refractivity contribution is 7.98. The molecule has 4 aromatic rings. The number of hydrogen-bond acceptors (Lipinski definition) is 7. The lowest BCUT2D eigenvalue weighted by atomic mass is 10.2. The predicted octanol–water partition coefficient (Wildman–Crippen LogP) is 6.37. The Balaban J connectivity index is 1.31. The van der Waals surface area contributed by atoms with Crippen molar-refractivity contribution in [2.75, 3.05) is 0 Å². The highest BCUT2D eigenvalue weighted by atomic mass is 35.5. The fourth-order valence-corrected chi connectivity index (χ4v) is 4.12. The van der Waals surface area contributed by atoms with Crippen molar-refractivity contribution in [3.8, 4) is 16.3 Å². The Labute approximate surface area is 179 Å². The van der Waals surface area contributed by atoms with Gasteiger partial charge in [0.05, 0.1) is 5.69 Å². The average Bonchev–Trinajstić information content (AvgIpc) is 3.36. The number of thioether (sulfide) groups is 1. The van der Waals surface area contributed by atoms with Gasteiger partial charge in [-0.05, 0) is 36.4 Å². The van der Waals surface area contributed by atoms with E-state index in [1.165, 1.54) is 11.8 Å². The molecule has 2 aromatic carbocycles. The first-order chi connectivity index (χ1) is 13.7. The number of hydrogen-bond donors (Lipinski definition) is 0. The maximum absolute atomic E-state index is 5.93. The van der Waals surface area contributed by atoms with Crippen LogP contribution in [0.2, 0.25) is 10.0 Å². The lowest BCUT2D eigenvalue weighted by Gasteiger charge is -2.02. The molecule has 0 unspecified atom stereocenters. The minimum atomic E-state index is 0.201. The Morgan fingerprint density at radius 2 is 1.68 bits per heavy atom. The second-order valence-corrected chi connectivity index (χ2v) is 8.30. The molecule has 0 fully saturated rings. The van der Waals surface area contributed by atoms with Gasteiger partial charge in [-0.15, -0.1) is 21.5 Å².